The lowest BCUT2D eigenvalue weighted by atomic mass is 9.97. The highest BCUT2D eigenvalue weighted by molar-refractivity contribution is 5.93. The van der Waals surface area contributed by atoms with Gasteiger partial charge >= 0.3 is 6.18 Å². The molecule has 0 saturated carbocycles. The number of halogens is 5. The fourth-order valence-corrected chi connectivity index (χ4v) is 2.65. The molecule has 1 saturated heterocycles. The van der Waals surface area contributed by atoms with E-state index in [1.54, 1.807) is 0 Å². The topological polar surface area (TPSA) is 62.3 Å². The molecule has 1 aromatic heterocycles. The molecule has 24 heavy (non-hydrogen) atoms. The summed E-state index contributed by atoms with van der Waals surface area (Å²) in [6, 6.07) is -2.44. The van der Waals surface area contributed by atoms with Crippen molar-refractivity contribution in [3.8, 4) is 0 Å². The minimum Gasteiger partial charge on any atom is -0.352 e. The third-order valence-corrected chi connectivity index (χ3v) is 3.64. The lowest BCUT2D eigenvalue weighted by molar-refractivity contribution is -0.184. The average molecular weight is 351 g/mol. The number of carbonyl (C=O) groups excluding carboxylic acids is 2. The van der Waals surface area contributed by atoms with Crippen molar-refractivity contribution in [2.24, 2.45) is 0 Å². The zero-order valence-corrected chi connectivity index (χ0v) is 12.5. The van der Waals surface area contributed by atoms with E-state index in [2.05, 4.69) is 10.3 Å². The van der Waals surface area contributed by atoms with Gasteiger partial charge in [0.25, 0.3) is 5.91 Å². The zero-order valence-electron chi connectivity index (χ0n) is 12.5. The molecular formula is C14H14F5N3O2. The largest absolute Gasteiger partial charge is 0.408 e. The molecule has 0 spiro atoms. The van der Waals surface area contributed by atoms with Gasteiger partial charge in [-0.05, 0) is 12.8 Å². The Morgan fingerprint density at radius 1 is 1.29 bits per heavy atom. The van der Waals surface area contributed by atoms with Crippen LogP contribution < -0.4 is 5.32 Å². The van der Waals surface area contributed by atoms with Crippen LogP contribution in [0.1, 0.15) is 30.3 Å². The number of rotatable bonds is 2. The first-order valence-electron chi connectivity index (χ1n) is 7.05. The van der Waals surface area contributed by atoms with Crippen molar-refractivity contribution in [3.05, 3.63) is 29.6 Å². The van der Waals surface area contributed by atoms with Gasteiger partial charge in [-0.25, -0.2) is 13.8 Å². The van der Waals surface area contributed by atoms with Gasteiger partial charge in [0.05, 0.1) is 6.20 Å². The van der Waals surface area contributed by atoms with Crippen LogP contribution in [0.4, 0.5) is 22.0 Å². The highest BCUT2D eigenvalue weighted by Gasteiger charge is 2.48. The van der Waals surface area contributed by atoms with Gasteiger partial charge in [0.15, 0.2) is 11.5 Å². The SMILES string of the molecule is CC(=O)NC1CCC(C(F)(F)F)N(C(=O)c2ncc(F)cc2F)C1. The fourth-order valence-electron chi connectivity index (χ4n) is 2.65. The second-order valence-corrected chi connectivity index (χ2v) is 5.47. The maximum atomic E-state index is 13.7. The smallest absolute Gasteiger partial charge is 0.352 e. The van der Waals surface area contributed by atoms with Crippen LogP contribution in [0.25, 0.3) is 0 Å². The monoisotopic (exact) mass is 351 g/mol. The van der Waals surface area contributed by atoms with Gasteiger partial charge < -0.3 is 10.2 Å². The summed E-state index contributed by atoms with van der Waals surface area (Å²) >= 11 is 0. The van der Waals surface area contributed by atoms with Crippen LogP contribution in [0.3, 0.4) is 0 Å². The first-order chi connectivity index (χ1) is 11.1. The first kappa shape index (κ1) is 18.1. The van der Waals surface area contributed by atoms with Crippen molar-refractivity contribution in [1.29, 1.82) is 0 Å². The Balaban J connectivity index is 2.31. The second kappa shape index (κ2) is 6.70. The third-order valence-electron chi connectivity index (χ3n) is 3.64. The maximum absolute atomic E-state index is 13.7. The summed E-state index contributed by atoms with van der Waals surface area (Å²) in [7, 11) is 0. The van der Waals surface area contributed by atoms with Gasteiger partial charge in [0.1, 0.15) is 11.9 Å². The molecule has 10 heteroatoms. The van der Waals surface area contributed by atoms with Crippen molar-refractivity contribution in [1.82, 2.24) is 15.2 Å². The first-order valence-corrected chi connectivity index (χ1v) is 7.05. The van der Waals surface area contributed by atoms with Crippen molar-refractivity contribution in [2.75, 3.05) is 6.54 Å². The number of alkyl halides is 3. The van der Waals surface area contributed by atoms with Crippen molar-refractivity contribution in [3.63, 3.8) is 0 Å². The van der Waals surface area contributed by atoms with E-state index in [9.17, 15) is 31.5 Å². The van der Waals surface area contributed by atoms with Gasteiger partial charge in [0, 0.05) is 25.6 Å². The summed E-state index contributed by atoms with van der Waals surface area (Å²) in [5.74, 6) is -4.15. The zero-order chi connectivity index (χ0) is 18.1. The molecule has 0 bridgehead atoms. The van der Waals surface area contributed by atoms with Crippen molar-refractivity contribution >= 4 is 11.8 Å². The number of hydrogen-bond acceptors (Lipinski definition) is 3. The number of pyridine rings is 1. The molecule has 0 radical (unpaired) electrons. The van der Waals surface area contributed by atoms with Gasteiger partial charge in [-0.15, -0.1) is 0 Å². The third kappa shape index (κ3) is 3.98. The van der Waals surface area contributed by atoms with Crippen LogP contribution in [-0.4, -0.2) is 46.5 Å². The van der Waals surface area contributed by atoms with Gasteiger partial charge in [-0.1, -0.05) is 0 Å². The molecule has 1 aromatic rings. The Morgan fingerprint density at radius 2 is 1.96 bits per heavy atom. The minimum atomic E-state index is -4.71. The quantitative estimate of drug-likeness (QED) is 0.830. The van der Waals surface area contributed by atoms with E-state index in [0.29, 0.717) is 17.2 Å². The fraction of sp³-hybridized carbons (Fsp3) is 0.500. The molecule has 2 unspecified atom stereocenters. The van der Waals surface area contributed by atoms with E-state index in [0.717, 1.165) is 0 Å². The molecule has 2 atom stereocenters. The molecule has 2 heterocycles. The minimum absolute atomic E-state index is 0.0207. The van der Waals surface area contributed by atoms with Crippen molar-refractivity contribution < 1.29 is 31.5 Å². The summed E-state index contributed by atoms with van der Waals surface area (Å²) in [5, 5.41) is 2.44. The number of aromatic nitrogens is 1. The number of hydrogen-bond donors (Lipinski definition) is 1. The van der Waals surface area contributed by atoms with Crippen LogP contribution in [-0.2, 0) is 4.79 Å². The van der Waals surface area contributed by atoms with Gasteiger partial charge in [-0.2, -0.15) is 13.2 Å². The number of nitrogens with one attached hydrogen (secondary N) is 1. The van der Waals surface area contributed by atoms with E-state index < -0.39 is 60.4 Å². The average Bonchev–Trinajstić information content (AvgIpc) is 2.44. The van der Waals surface area contributed by atoms with Gasteiger partial charge in [-0.3, -0.25) is 9.59 Å². The Hall–Kier alpha value is -2.26. The number of piperidine rings is 1. The molecule has 5 nitrogen and oxygen atoms in total. The Labute approximate surface area is 133 Å². The van der Waals surface area contributed by atoms with Crippen LogP contribution >= 0.6 is 0 Å². The molecule has 2 rings (SSSR count). The molecule has 2 amide bonds. The van der Waals surface area contributed by atoms with Crippen LogP contribution in [0, 0.1) is 11.6 Å². The predicted octanol–water partition coefficient (Wildman–Crippen LogP) is 2.03. The summed E-state index contributed by atoms with van der Waals surface area (Å²) in [4.78, 5) is 27.1. The maximum Gasteiger partial charge on any atom is 0.408 e. The summed E-state index contributed by atoms with van der Waals surface area (Å²) < 4.78 is 66.1. The van der Waals surface area contributed by atoms with E-state index in [1.807, 2.05) is 0 Å². The number of carbonyl (C=O) groups is 2. The second-order valence-electron chi connectivity index (χ2n) is 5.47. The number of nitrogens with zero attached hydrogens (tertiary/aromatic N) is 2. The molecule has 1 aliphatic heterocycles. The molecule has 0 aromatic carbocycles. The molecule has 132 valence electrons. The number of likely N-dealkylation sites (tertiary alicyclic amines) is 1. The molecule has 1 aliphatic rings. The Kier molecular flexibility index (Phi) is 5.05. The highest BCUT2D eigenvalue weighted by atomic mass is 19.4. The van der Waals surface area contributed by atoms with Crippen molar-refractivity contribution in [2.45, 2.75) is 38.0 Å². The summed E-state index contributed by atoms with van der Waals surface area (Å²) in [6.45, 7) is 0.754. The van der Waals surface area contributed by atoms with Crippen LogP contribution in [0.5, 0.6) is 0 Å². The summed E-state index contributed by atoms with van der Waals surface area (Å²) in [5.41, 5.74) is -0.894. The van der Waals surface area contributed by atoms with Crippen LogP contribution in [0.15, 0.2) is 12.3 Å². The summed E-state index contributed by atoms with van der Waals surface area (Å²) in [6.07, 6.45) is -4.59. The Morgan fingerprint density at radius 3 is 2.50 bits per heavy atom. The molecule has 1 fully saturated rings. The van der Waals surface area contributed by atoms with E-state index in [4.69, 9.17) is 0 Å². The van der Waals surface area contributed by atoms with E-state index >= 15 is 0 Å². The van der Waals surface area contributed by atoms with Gasteiger partial charge in [0.2, 0.25) is 5.91 Å². The van der Waals surface area contributed by atoms with E-state index in [1.165, 1.54) is 6.92 Å². The lowest BCUT2D eigenvalue weighted by Crippen LogP contribution is -2.58. The number of amides is 2. The lowest BCUT2D eigenvalue weighted by Gasteiger charge is -2.40. The predicted molar refractivity (Wildman–Crippen MR) is 71.9 cm³/mol. The normalized spacial score (nSPS) is 21.5. The Bertz CT molecular complexity index is 650. The molecule has 1 N–H and O–H groups in total. The van der Waals surface area contributed by atoms with E-state index in [-0.39, 0.29) is 6.42 Å². The highest BCUT2D eigenvalue weighted by Crippen LogP contribution is 2.33. The standard InChI is InChI=1S/C14H14F5N3O2/c1-7(23)21-9-2-3-11(14(17,18)19)22(6-9)13(24)12-10(16)4-8(15)5-20-12/h4-5,9,11H,2-3,6H2,1H3,(H,21,23). The molecular weight excluding hydrogens is 337 g/mol. The van der Waals surface area contributed by atoms with Crippen LogP contribution in [0.2, 0.25) is 0 Å². The molecule has 0 aliphatic carbocycles.